The predicted molar refractivity (Wildman–Crippen MR) is 39.9 cm³/mol. The number of carbonyl (C=O) groups is 1. The zero-order valence-electron chi connectivity index (χ0n) is 6.75. The number of hydrogen-bond acceptors (Lipinski definition) is 3. The first kappa shape index (κ1) is 8.53. The summed E-state index contributed by atoms with van der Waals surface area (Å²) in [5, 5.41) is 8.78. The van der Waals surface area contributed by atoms with Gasteiger partial charge in [0.1, 0.15) is 0 Å². The maximum Gasteiger partial charge on any atom is 0.302 e. The molecule has 0 bridgehead atoms. The summed E-state index contributed by atoms with van der Waals surface area (Å²) in [4.78, 5) is 10.4. The summed E-state index contributed by atoms with van der Waals surface area (Å²) in [5.74, 6) is 0.548. The number of aliphatic hydroxyl groups excluding tert-OH is 1. The fourth-order valence-corrected chi connectivity index (χ4v) is 1.32. The van der Waals surface area contributed by atoms with Crippen LogP contribution in [0.15, 0.2) is 0 Å². The molecule has 0 aromatic heterocycles. The molecule has 0 spiro atoms. The highest BCUT2D eigenvalue weighted by molar-refractivity contribution is 5.65. The summed E-state index contributed by atoms with van der Waals surface area (Å²) in [7, 11) is 0. The van der Waals surface area contributed by atoms with Crippen molar-refractivity contribution in [2.75, 3.05) is 13.2 Å². The van der Waals surface area contributed by atoms with Crippen LogP contribution in [-0.2, 0) is 9.53 Å². The van der Waals surface area contributed by atoms with Gasteiger partial charge in [0.25, 0.3) is 0 Å². The summed E-state index contributed by atoms with van der Waals surface area (Å²) in [6.45, 7) is 2.12. The molecule has 1 saturated carbocycles. The van der Waals surface area contributed by atoms with Gasteiger partial charge in [-0.15, -0.1) is 0 Å². The molecule has 3 heteroatoms. The zero-order chi connectivity index (χ0) is 8.27. The van der Waals surface area contributed by atoms with Crippen LogP contribution < -0.4 is 0 Å². The van der Waals surface area contributed by atoms with Crippen LogP contribution in [0.25, 0.3) is 0 Å². The summed E-state index contributed by atoms with van der Waals surface area (Å²) >= 11 is 0. The molecule has 1 aliphatic carbocycles. The van der Waals surface area contributed by atoms with Crippen LogP contribution in [0.5, 0.6) is 0 Å². The third-order valence-electron chi connectivity index (χ3n) is 2.31. The maximum atomic E-state index is 10.4. The Hall–Kier alpha value is -0.570. The van der Waals surface area contributed by atoms with Gasteiger partial charge < -0.3 is 9.84 Å². The second kappa shape index (κ2) is 3.72. The third-order valence-corrected chi connectivity index (χ3v) is 2.31. The quantitative estimate of drug-likeness (QED) is 0.611. The van der Waals surface area contributed by atoms with Gasteiger partial charge >= 0.3 is 5.97 Å². The first-order chi connectivity index (χ1) is 5.24. The topological polar surface area (TPSA) is 46.5 Å². The second-order valence-corrected chi connectivity index (χ2v) is 3.08. The molecule has 0 saturated heterocycles. The van der Waals surface area contributed by atoms with E-state index < -0.39 is 0 Å². The molecule has 0 heterocycles. The van der Waals surface area contributed by atoms with Gasteiger partial charge in [-0.25, -0.2) is 0 Å². The Balaban J connectivity index is 2.12. The predicted octanol–water partition coefficient (Wildman–Crippen LogP) is 0.568. The minimum Gasteiger partial charge on any atom is -0.466 e. The molecular formula is C8H14O3. The molecular weight excluding hydrogens is 144 g/mol. The summed E-state index contributed by atoms with van der Waals surface area (Å²) < 4.78 is 4.83. The first-order valence-electron chi connectivity index (χ1n) is 3.98. The van der Waals surface area contributed by atoms with Gasteiger partial charge in [-0.3, -0.25) is 4.79 Å². The molecule has 64 valence electrons. The Kier molecular flexibility index (Phi) is 2.88. The monoisotopic (exact) mass is 158 g/mol. The van der Waals surface area contributed by atoms with Crippen LogP contribution in [-0.4, -0.2) is 24.3 Å². The van der Waals surface area contributed by atoms with E-state index in [4.69, 9.17) is 9.84 Å². The van der Waals surface area contributed by atoms with Crippen molar-refractivity contribution >= 4 is 5.97 Å². The zero-order valence-corrected chi connectivity index (χ0v) is 6.75. The standard InChI is InChI=1S/C8H14O3/c1-6(10)11-5-8-3-2-7(8)4-9/h7-9H,2-5H2,1H3. The fraction of sp³-hybridized carbons (Fsp3) is 0.875. The summed E-state index contributed by atoms with van der Waals surface area (Å²) in [6, 6.07) is 0. The number of esters is 1. The van der Waals surface area contributed by atoms with Crippen molar-refractivity contribution in [1.29, 1.82) is 0 Å². The molecule has 2 atom stereocenters. The molecule has 0 aromatic carbocycles. The van der Waals surface area contributed by atoms with Gasteiger partial charge in [0, 0.05) is 13.5 Å². The van der Waals surface area contributed by atoms with E-state index in [9.17, 15) is 4.79 Å². The van der Waals surface area contributed by atoms with E-state index in [1.165, 1.54) is 6.92 Å². The molecule has 0 radical (unpaired) electrons. The lowest BCUT2D eigenvalue weighted by Crippen LogP contribution is -2.32. The Morgan fingerprint density at radius 3 is 2.55 bits per heavy atom. The van der Waals surface area contributed by atoms with E-state index in [-0.39, 0.29) is 12.6 Å². The van der Waals surface area contributed by atoms with Crippen molar-refractivity contribution < 1.29 is 14.6 Å². The Morgan fingerprint density at radius 2 is 2.18 bits per heavy atom. The lowest BCUT2D eigenvalue weighted by molar-refractivity contribution is -0.144. The van der Waals surface area contributed by atoms with E-state index >= 15 is 0 Å². The summed E-state index contributed by atoms with van der Waals surface area (Å²) in [5.41, 5.74) is 0. The lowest BCUT2D eigenvalue weighted by Gasteiger charge is -2.34. The number of hydrogen-bond donors (Lipinski definition) is 1. The highest BCUT2D eigenvalue weighted by Crippen LogP contribution is 2.33. The average molecular weight is 158 g/mol. The van der Waals surface area contributed by atoms with Crippen molar-refractivity contribution in [3.8, 4) is 0 Å². The van der Waals surface area contributed by atoms with Gasteiger partial charge in [-0.2, -0.15) is 0 Å². The molecule has 1 N–H and O–H groups in total. The van der Waals surface area contributed by atoms with Crippen LogP contribution in [0.1, 0.15) is 19.8 Å². The first-order valence-corrected chi connectivity index (χ1v) is 3.98. The van der Waals surface area contributed by atoms with Crippen LogP contribution >= 0.6 is 0 Å². The number of aliphatic hydroxyl groups is 1. The SMILES string of the molecule is CC(=O)OCC1CCC1CO. The normalized spacial score (nSPS) is 29.3. The minimum atomic E-state index is -0.228. The van der Waals surface area contributed by atoms with Crippen molar-refractivity contribution in [3.63, 3.8) is 0 Å². The Labute approximate surface area is 66.4 Å². The van der Waals surface area contributed by atoms with Crippen LogP contribution in [0, 0.1) is 11.8 Å². The van der Waals surface area contributed by atoms with E-state index in [1.807, 2.05) is 0 Å². The highest BCUT2D eigenvalue weighted by atomic mass is 16.5. The molecule has 1 fully saturated rings. The average Bonchev–Trinajstić information content (AvgIpc) is 1.86. The number of rotatable bonds is 3. The van der Waals surface area contributed by atoms with Crippen molar-refractivity contribution in [3.05, 3.63) is 0 Å². The Morgan fingerprint density at radius 1 is 1.55 bits per heavy atom. The summed E-state index contributed by atoms with van der Waals surface area (Å²) in [6.07, 6.45) is 2.15. The van der Waals surface area contributed by atoms with Crippen molar-refractivity contribution in [1.82, 2.24) is 0 Å². The molecule has 1 rings (SSSR count). The number of ether oxygens (including phenoxy) is 1. The van der Waals surface area contributed by atoms with Gasteiger partial charge in [0.15, 0.2) is 0 Å². The van der Waals surface area contributed by atoms with E-state index in [0.717, 1.165) is 12.8 Å². The van der Waals surface area contributed by atoms with Gasteiger partial charge in [-0.05, 0) is 24.7 Å². The molecule has 2 unspecified atom stereocenters. The van der Waals surface area contributed by atoms with Crippen LogP contribution in [0.4, 0.5) is 0 Å². The third kappa shape index (κ3) is 2.19. The van der Waals surface area contributed by atoms with E-state index in [2.05, 4.69) is 0 Å². The van der Waals surface area contributed by atoms with Crippen molar-refractivity contribution in [2.24, 2.45) is 11.8 Å². The molecule has 1 aliphatic rings. The lowest BCUT2D eigenvalue weighted by atomic mass is 9.75. The van der Waals surface area contributed by atoms with Gasteiger partial charge in [0.2, 0.25) is 0 Å². The maximum absolute atomic E-state index is 10.4. The van der Waals surface area contributed by atoms with E-state index in [0.29, 0.717) is 18.4 Å². The Bertz CT molecular complexity index is 142. The van der Waals surface area contributed by atoms with Gasteiger partial charge in [-0.1, -0.05) is 0 Å². The minimum absolute atomic E-state index is 0.228. The second-order valence-electron chi connectivity index (χ2n) is 3.08. The van der Waals surface area contributed by atoms with Gasteiger partial charge in [0.05, 0.1) is 6.61 Å². The largest absolute Gasteiger partial charge is 0.466 e. The highest BCUT2D eigenvalue weighted by Gasteiger charge is 2.30. The van der Waals surface area contributed by atoms with Crippen LogP contribution in [0.2, 0.25) is 0 Å². The van der Waals surface area contributed by atoms with E-state index in [1.54, 1.807) is 0 Å². The smallest absolute Gasteiger partial charge is 0.302 e. The van der Waals surface area contributed by atoms with Crippen LogP contribution in [0.3, 0.4) is 0 Å². The molecule has 3 nitrogen and oxygen atoms in total. The molecule has 11 heavy (non-hydrogen) atoms. The number of carbonyl (C=O) groups excluding carboxylic acids is 1. The fourth-order valence-electron chi connectivity index (χ4n) is 1.32. The molecule has 0 aliphatic heterocycles. The molecule has 0 amide bonds. The molecule has 0 aromatic rings. The van der Waals surface area contributed by atoms with Crippen molar-refractivity contribution in [2.45, 2.75) is 19.8 Å².